The quantitative estimate of drug-likeness (QED) is 0.389. The molecule has 0 fully saturated rings. The van der Waals surface area contributed by atoms with Crippen LogP contribution in [0.25, 0.3) is 0 Å². The number of rotatable bonds is 4. The lowest BCUT2D eigenvalue weighted by atomic mass is 9.96. The molecule has 0 bridgehead atoms. The number of aromatic amines is 2. The number of amides is 1. The zero-order chi connectivity index (χ0) is 14.4. The highest BCUT2D eigenvalue weighted by Crippen LogP contribution is 2.15. The van der Waals surface area contributed by atoms with Gasteiger partial charge in [-0.15, -0.1) is 0 Å². The average molecular weight is 277 g/mol. The van der Waals surface area contributed by atoms with Crippen molar-refractivity contribution in [2.75, 3.05) is 0 Å². The van der Waals surface area contributed by atoms with E-state index in [1.165, 1.54) is 0 Å². The Labute approximate surface area is 114 Å². The van der Waals surface area contributed by atoms with E-state index in [4.69, 9.17) is 0 Å². The zero-order valence-corrected chi connectivity index (χ0v) is 10.8. The Hall–Kier alpha value is -2.51. The first-order valence-corrected chi connectivity index (χ1v) is 6.30. The van der Waals surface area contributed by atoms with E-state index in [2.05, 4.69) is 32.9 Å². The van der Waals surface area contributed by atoms with E-state index in [0.717, 1.165) is 19.3 Å². The molecule has 2 rings (SSSR count). The standard InChI is InChI=1S/C12H15N5O3/c18-10(6-9-11(19)14-12(20)17-15-9)16-13-7-8-4-2-1-3-5-8/h1-2,7-8H,3-6H2,(H,16,18)(H2,14,17,19,20)/t8-/m0/s1. The van der Waals surface area contributed by atoms with Gasteiger partial charge in [-0.1, -0.05) is 12.2 Å². The Bertz CT molecular complexity index is 643. The van der Waals surface area contributed by atoms with Gasteiger partial charge in [0.05, 0.1) is 6.42 Å². The lowest BCUT2D eigenvalue weighted by Crippen LogP contribution is -2.31. The fraction of sp³-hybridized carbons (Fsp3) is 0.417. The Morgan fingerprint density at radius 3 is 3.05 bits per heavy atom. The maximum atomic E-state index is 11.6. The van der Waals surface area contributed by atoms with Gasteiger partial charge in [0.15, 0.2) is 0 Å². The van der Waals surface area contributed by atoms with E-state index in [9.17, 15) is 14.4 Å². The molecule has 8 nitrogen and oxygen atoms in total. The first-order valence-electron chi connectivity index (χ1n) is 6.30. The third-order valence-corrected chi connectivity index (χ3v) is 2.89. The zero-order valence-electron chi connectivity index (χ0n) is 10.8. The van der Waals surface area contributed by atoms with Gasteiger partial charge >= 0.3 is 5.69 Å². The molecule has 0 saturated heterocycles. The third kappa shape index (κ3) is 4.01. The molecule has 106 valence electrons. The first kappa shape index (κ1) is 13.9. The highest BCUT2D eigenvalue weighted by atomic mass is 16.2. The van der Waals surface area contributed by atoms with Crippen molar-refractivity contribution in [3.05, 3.63) is 38.7 Å². The molecule has 8 heteroatoms. The number of hydrogen-bond acceptors (Lipinski definition) is 5. The van der Waals surface area contributed by atoms with Crippen molar-refractivity contribution in [1.29, 1.82) is 0 Å². The molecule has 0 unspecified atom stereocenters. The molecular formula is C12H15N5O3. The smallest absolute Gasteiger partial charge is 0.273 e. The van der Waals surface area contributed by atoms with E-state index in [0.29, 0.717) is 5.92 Å². The maximum Gasteiger partial charge on any atom is 0.342 e. The molecule has 20 heavy (non-hydrogen) atoms. The summed E-state index contributed by atoms with van der Waals surface area (Å²) in [4.78, 5) is 35.7. The lowest BCUT2D eigenvalue weighted by Gasteiger charge is -2.11. The average Bonchev–Trinajstić information content (AvgIpc) is 2.43. The van der Waals surface area contributed by atoms with Crippen LogP contribution < -0.4 is 16.7 Å². The van der Waals surface area contributed by atoms with E-state index >= 15 is 0 Å². The number of hydrazone groups is 1. The van der Waals surface area contributed by atoms with Crippen molar-refractivity contribution in [3.8, 4) is 0 Å². The second kappa shape index (κ2) is 6.60. The molecule has 1 amide bonds. The number of nitrogens with zero attached hydrogens (tertiary/aromatic N) is 2. The van der Waals surface area contributed by atoms with Crippen molar-refractivity contribution >= 4 is 12.1 Å². The first-order chi connectivity index (χ1) is 9.65. The summed E-state index contributed by atoms with van der Waals surface area (Å²) in [6.07, 6.45) is 8.61. The van der Waals surface area contributed by atoms with Gasteiger partial charge in [-0.3, -0.25) is 14.6 Å². The van der Waals surface area contributed by atoms with E-state index in [1.807, 2.05) is 4.98 Å². The molecule has 3 N–H and O–H groups in total. The normalized spacial score (nSPS) is 18.3. The van der Waals surface area contributed by atoms with Crippen LogP contribution >= 0.6 is 0 Å². The van der Waals surface area contributed by atoms with Gasteiger partial charge in [-0.25, -0.2) is 15.3 Å². The molecule has 1 aromatic heterocycles. The molecule has 1 heterocycles. The Kier molecular flexibility index (Phi) is 4.59. The van der Waals surface area contributed by atoms with Crippen LogP contribution in [-0.4, -0.2) is 27.3 Å². The Morgan fingerprint density at radius 2 is 2.35 bits per heavy atom. The summed E-state index contributed by atoms with van der Waals surface area (Å²) >= 11 is 0. The van der Waals surface area contributed by atoms with Crippen LogP contribution in [0, 0.1) is 5.92 Å². The summed E-state index contributed by atoms with van der Waals surface area (Å²) < 4.78 is 0. The highest BCUT2D eigenvalue weighted by Gasteiger charge is 2.09. The van der Waals surface area contributed by atoms with E-state index in [1.54, 1.807) is 6.21 Å². The van der Waals surface area contributed by atoms with Gasteiger partial charge in [0, 0.05) is 6.21 Å². The van der Waals surface area contributed by atoms with Crippen LogP contribution in [0.1, 0.15) is 25.0 Å². The number of H-pyrrole nitrogens is 2. The Morgan fingerprint density at radius 1 is 1.50 bits per heavy atom. The molecule has 1 atom stereocenters. The van der Waals surface area contributed by atoms with Gasteiger partial charge in [0.1, 0.15) is 5.69 Å². The molecule has 0 saturated carbocycles. The monoisotopic (exact) mass is 277 g/mol. The van der Waals surface area contributed by atoms with Crippen molar-refractivity contribution < 1.29 is 4.79 Å². The van der Waals surface area contributed by atoms with Crippen LogP contribution in [0.5, 0.6) is 0 Å². The minimum absolute atomic E-state index is 0.0575. The van der Waals surface area contributed by atoms with Crippen LogP contribution in [0.3, 0.4) is 0 Å². The number of nitrogens with one attached hydrogen (secondary N) is 3. The summed E-state index contributed by atoms with van der Waals surface area (Å²) in [5.41, 5.74) is 0.903. The molecule has 1 aliphatic rings. The summed E-state index contributed by atoms with van der Waals surface area (Å²) in [5.74, 6) is -0.132. The van der Waals surface area contributed by atoms with Crippen molar-refractivity contribution in [3.63, 3.8) is 0 Å². The minimum atomic E-state index is -0.706. The van der Waals surface area contributed by atoms with Crippen molar-refractivity contribution in [2.45, 2.75) is 25.7 Å². The van der Waals surface area contributed by atoms with Crippen LogP contribution in [0.4, 0.5) is 0 Å². The van der Waals surface area contributed by atoms with E-state index < -0.39 is 17.2 Å². The van der Waals surface area contributed by atoms with Gasteiger partial charge in [0.2, 0.25) is 5.91 Å². The highest BCUT2D eigenvalue weighted by molar-refractivity contribution is 5.78. The SMILES string of the molecule is O=C(Cc1n[nH]c(=O)[nH]c1=O)NN=C[C@H]1CC=CCC1. The van der Waals surface area contributed by atoms with Crippen molar-refractivity contribution in [2.24, 2.45) is 11.0 Å². The largest absolute Gasteiger partial charge is 0.342 e. The summed E-state index contributed by atoms with van der Waals surface area (Å²) in [6.45, 7) is 0. The van der Waals surface area contributed by atoms with Gasteiger partial charge in [-0.05, 0) is 25.2 Å². The van der Waals surface area contributed by atoms with Gasteiger partial charge in [0.25, 0.3) is 5.56 Å². The molecule has 1 aromatic rings. The minimum Gasteiger partial charge on any atom is -0.273 e. The summed E-state index contributed by atoms with van der Waals surface area (Å²) in [7, 11) is 0. The van der Waals surface area contributed by atoms with Crippen LogP contribution in [0.2, 0.25) is 0 Å². The second-order valence-corrected chi connectivity index (χ2v) is 4.49. The number of carbonyl (C=O) groups excluding carboxylic acids is 1. The predicted molar refractivity (Wildman–Crippen MR) is 72.3 cm³/mol. The fourth-order valence-electron chi connectivity index (χ4n) is 1.85. The molecule has 1 aliphatic carbocycles. The lowest BCUT2D eigenvalue weighted by molar-refractivity contribution is -0.120. The number of hydrogen-bond donors (Lipinski definition) is 3. The topological polar surface area (TPSA) is 120 Å². The predicted octanol–water partition coefficient (Wildman–Crippen LogP) is -0.541. The van der Waals surface area contributed by atoms with Gasteiger partial charge < -0.3 is 0 Å². The van der Waals surface area contributed by atoms with Crippen LogP contribution in [0.15, 0.2) is 26.8 Å². The molecular weight excluding hydrogens is 262 g/mol. The summed E-state index contributed by atoms with van der Waals surface area (Å²) in [5, 5.41) is 9.45. The number of carbonyl (C=O) groups is 1. The van der Waals surface area contributed by atoms with Crippen molar-refractivity contribution in [1.82, 2.24) is 20.6 Å². The fourth-order valence-corrected chi connectivity index (χ4v) is 1.85. The van der Waals surface area contributed by atoms with E-state index in [-0.39, 0.29) is 12.1 Å². The van der Waals surface area contributed by atoms with Gasteiger partial charge in [-0.2, -0.15) is 10.2 Å². The molecule has 0 spiro atoms. The third-order valence-electron chi connectivity index (χ3n) is 2.89. The molecule has 0 aromatic carbocycles. The number of allylic oxidation sites excluding steroid dienone is 2. The summed E-state index contributed by atoms with van der Waals surface area (Å²) in [6, 6.07) is 0. The molecule has 0 aliphatic heterocycles. The number of aromatic nitrogens is 3. The Balaban J connectivity index is 1.86. The second-order valence-electron chi connectivity index (χ2n) is 4.49. The molecule has 0 radical (unpaired) electrons. The maximum absolute atomic E-state index is 11.6. The van der Waals surface area contributed by atoms with Crippen LogP contribution in [-0.2, 0) is 11.2 Å².